The predicted molar refractivity (Wildman–Crippen MR) is 118 cm³/mol. The topological polar surface area (TPSA) is 83.2 Å². The Bertz CT molecular complexity index is 966. The number of aromatic amines is 1. The number of hydrogen-bond donors (Lipinski definition) is 3. The molecule has 1 heterocycles. The Hall–Kier alpha value is -3.28. The van der Waals surface area contributed by atoms with Crippen molar-refractivity contribution >= 4 is 22.9 Å². The first-order valence-corrected chi connectivity index (χ1v) is 10.3. The van der Waals surface area contributed by atoms with Crippen LogP contribution in [0, 0.1) is 5.92 Å². The molecule has 2 amide bonds. The lowest BCUT2D eigenvalue weighted by Gasteiger charge is -2.20. The Morgan fingerprint density at radius 2 is 1.77 bits per heavy atom. The van der Waals surface area contributed by atoms with E-state index < -0.39 is 12.1 Å². The van der Waals surface area contributed by atoms with E-state index >= 15 is 0 Å². The van der Waals surface area contributed by atoms with Crippen LogP contribution in [0.2, 0.25) is 0 Å². The van der Waals surface area contributed by atoms with E-state index in [2.05, 4.69) is 21.7 Å². The molecular weight excluding hydrogens is 378 g/mol. The molecule has 0 aliphatic heterocycles. The number of carbonyl (C=O) groups is 2. The van der Waals surface area contributed by atoms with Gasteiger partial charge in [-0.3, -0.25) is 4.79 Å². The van der Waals surface area contributed by atoms with Crippen molar-refractivity contribution in [3.05, 3.63) is 71.9 Å². The molecule has 3 aromatic rings. The number of aromatic nitrogens is 1. The number of para-hydroxylation sites is 1. The van der Waals surface area contributed by atoms with E-state index in [0.717, 1.165) is 22.0 Å². The van der Waals surface area contributed by atoms with Crippen molar-refractivity contribution in [3.63, 3.8) is 0 Å². The van der Waals surface area contributed by atoms with Gasteiger partial charge in [0.15, 0.2) is 0 Å². The minimum Gasteiger partial charge on any atom is -0.445 e. The highest BCUT2D eigenvalue weighted by molar-refractivity contribution is 5.86. The van der Waals surface area contributed by atoms with Crippen LogP contribution in [0.4, 0.5) is 4.79 Å². The molecule has 0 saturated carbocycles. The molecule has 1 atom stereocenters. The number of nitrogens with one attached hydrogen (secondary N) is 3. The number of carbonyl (C=O) groups excluding carboxylic acids is 2. The molecule has 3 N–H and O–H groups in total. The first-order chi connectivity index (χ1) is 14.5. The lowest BCUT2D eigenvalue weighted by atomic mass is 10.0. The molecule has 0 saturated heterocycles. The number of H-pyrrole nitrogens is 1. The van der Waals surface area contributed by atoms with Gasteiger partial charge in [0.2, 0.25) is 5.91 Å². The molecule has 3 rings (SSSR count). The number of alkyl carbamates (subject to hydrolysis) is 1. The van der Waals surface area contributed by atoms with Crippen LogP contribution in [0.3, 0.4) is 0 Å². The zero-order chi connectivity index (χ0) is 21.3. The molecule has 0 aliphatic carbocycles. The Morgan fingerprint density at radius 1 is 1.03 bits per heavy atom. The smallest absolute Gasteiger partial charge is 0.408 e. The molecule has 6 nitrogen and oxygen atoms in total. The quantitative estimate of drug-likeness (QED) is 0.498. The fourth-order valence-corrected chi connectivity index (χ4v) is 3.39. The highest BCUT2D eigenvalue weighted by Crippen LogP contribution is 2.17. The predicted octanol–water partition coefficient (Wildman–Crippen LogP) is 4.17. The molecule has 6 heteroatoms. The van der Waals surface area contributed by atoms with Crippen LogP contribution in [0.25, 0.3) is 10.9 Å². The van der Waals surface area contributed by atoms with Crippen molar-refractivity contribution in [2.75, 3.05) is 6.54 Å². The second-order valence-corrected chi connectivity index (χ2v) is 7.79. The monoisotopic (exact) mass is 407 g/mol. The summed E-state index contributed by atoms with van der Waals surface area (Å²) in [6, 6.07) is 16.9. The van der Waals surface area contributed by atoms with Crippen LogP contribution in [0.15, 0.2) is 60.8 Å². The third kappa shape index (κ3) is 6.11. The Morgan fingerprint density at radius 3 is 2.53 bits per heavy atom. The van der Waals surface area contributed by atoms with E-state index in [1.165, 1.54) is 0 Å². The number of ether oxygens (including phenoxy) is 1. The van der Waals surface area contributed by atoms with Gasteiger partial charge in [0.25, 0.3) is 0 Å². The molecule has 158 valence electrons. The molecule has 0 bridgehead atoms. The number of fused-ring (bicyclic) bond motifs is 1. The zero-order valence-corrected chi connectivity index (χ0v) is 17.5. The van der Waals surface area contributed by atoms with Gasteiger partial charge in [-0.05, 0) is 36.0 Å². The fraction of sp³-hybridized carbons (Fsp3) is 0.333. The van der Waals surface area contributed by atoms with Crippen LogP contribution < -0.4 is 10.6 Å². The maximum Gasteiger partial charge on any atom is 0.408 e. The van der Waals surface area contributed by atoms with Crippen molar-refractivity contribution < 1.29 is 14.3 Å². The molecule has 0 radical (unpaired) electrons. The third-order valence-corrected chi connectivity index (χ3v) is 4.90. The van der Waals surface area contributed by atoms with E-state index in [-0.39, 0.29) is 18.4 Å². The van der Waals surface area contributed by atoms with Gasteiger partial charge in [-0.1, -0.05) is 62.4 Å². The van der Waals surface area contributed by atoms with Crippen molar-refractivity contribution in [1.82, 2.24) is 15.6 Å². The number of amides is 2. The maximum absolute atomic E-state index is 12.7. The SMILES string of the molecule is CC(C)C[C@H](NC(=O)OCc1ccccc1)C(=O)NCCc1c[nH]c2ccccc12. The zero-order valence-electron chi connectivity index (χ0n) is 17.5. The summed E-state index contributed by atoms with van der Waals surface area (Å²) in [6.07, 6.45) is 2.64. The third-order valence-electron chi connectivity index (χ3n) is 4.90. The second-order valence-electron chi connectivity index (χ2n) is 7.79. The number of benzene rings is 2. The largest absolute Gasteiger partial charge is 0.445 e. The summed E-state index contributed by atoms with van der Waals surface area (Å²) in [4.78, 5) is 28.1. The van der Waals surface area contributed by atoms with Gasteiger partial charge in [0, 0.05) is 23.6 Å². The molecule has 1 aromatic heterocycles. The van der Waals surface area contributed by atoms with E-state index in [9.17, 15) is 9.59 Å². The van der Waals surface area contributed by atoms with Crippen molar-refractivity contribution in [1.29, 1.82) is 0 Å². The Balaban J connectivity index is 1.50. The average Bonchev–Trinajstić information content (AvgIpc) is 3.15. The lowest BCUT2D eigenvalue weighted by Crippen LogP contribution is -2.48. The summed E-state index contributed by atoms with van der Waals surface area (Å²) in [6.45, 7) is 4.70. The summed E-state index contributed by atoms with van der Waals surface area (Å²) >= 11 is 0. The molecule has 0 unspecified atom stereocenters. The van der Waals surface area contributed by atoms with Crippen LogP contribution in [0.5, 0.6) is 0 Å². The van der Waals surface area contributed by atoms with Crippen molar-refractivity contribution in [2.24, 2.45) is 5.92 Å². The van der Waals surface area contributed by atoms with Crippen LogP contribution >= 0.6 is 0 Å². The number of rotatable bonds is 9. The van der Waals surface area contributed by atoms with Gasteiger partial charge in [-0.25, -0.2) is 4.79 Å². The van der Waals surface area contributed by atoms with Gasteiger partial charge in [-0.15, -0.1) is 0 Å². The normalized spacial score (nSPS) is 12.0. The van der Waals surface area contributed by atoms with E-state index in [0.29, 0.717) is 19.4 Å². The highest BCUT2D eigenvalue weighted by Gasteiger charge is 2.22. The first kappa shape index (κ1) is 21.4. The fourth-order valence-electron chi connectivity index (χ4n) is 3.39. The summed E-state index contributed by atoms with van der Waals surface area (Å²) in [5, 5.41) is 6.82. The molecule has 0 fully saturated rings. The summed E-state index contributed by atoms with van der Waals surface area (Å²) in [5.74, 6) is 0.0593. The van der Waals surface area contributed by atoms with E-state index in [1.807, 2.05) is 68.6 Å². The molecular formula is C24H29N3O3. The molecule has 0 spiro atoms. The van der Waals surface area contributed by atoms with Crippen molar-refractivity contribution in [3.8, 4) is 0 Å². The van der Waals surface area contributed by atoms with E-state index in [1.54, 1.807) is 0 Å². The lowest BCUT2D eigenvalue weighted by molar-refractivity contribution is -0.123. The highest BCUT2D eigenvalue weighted by atomic mass is 16.5. The van der Waals surface area contributed by atoms with Crippen LogP contribution in [-0.4, -0.2) is 29.6 Å². The molecule has 0 aliphatic rings. The summed E-state index contributed by atoms with van der Waals surface area (Å²) < 4.78 is 5.27. The second kappa shape index (κ2) is 10.5. The molecule has 30 heavy (non-hydrogen) atoms. The minimum absolute atomic E-state index is 0.170. The average molecular weight is 408 g/mol. The van der Waals surface area contributed by atoms with Gasteiger partial charge in [0.1, 0.15) is 12.6 Å². The van der Waals surface area contributed by atoms with Crippen LogP contribution in [-0.2, 0) is 22.6 Å². The van der Waals surface area contributed by atoms with Gasteiger partial charge >= 0.3 is 6.09 Å². The van der Waals surface area contributed by atoms with Crippen molar-refractivity contribution in [2.45, 2.75) is 39.3 Å². The summed E-state index contributed by atoms with van der Waals surface area (Å²) in [5.41, 5.74) is 3.14. The number of hydrogen-bond acceptors (Lipinski definition) is 3. The van der Waals surface area contributed by atoms with Gasteiger partial charge < -0.3 is 20.4 Å². The van der Waals surface area contributed by atoms with Crippen LogP contribution in [0.1, 0.15) is 31.4 Å². The minimum atomic E-state index is -0.628. The summed E-state index contributed by atoms with van der Waals surface area (Å²) in [7, 11) is 0. The maximum atomic E-state index is 12.7. The molecule has 2 aromatic carbocycles. The van der Waals surface area contributed by atoms with Gasteiger partial charge in [0.05, 0.1) is 0 Å². The Kier molecular flexibility index (Phi) is 7.49. The first-order valence-electron chi connectivity index (χ1n) is 10.3. The van der Waals surface area contributed by atoms with Gasteiger partial charge in [-0.2, -0.15) is 0 Å². The van der Waals surface area contributed by atoms with E-state index in [4.69, 9.17) is 4.74 Å². The Labute approximate surface area is 177 Å². The standard InChI is InChI=1S/C24H29N3O3/c1-17(2)14-22(27-24(29)30-16-18-8-4-3-5-9-18)23(28)25-13-12-19-15-26-21-11-7-6-10-20(19)21/h3-11,15,17,22,26H,12-14,16H2,1-2H3,(H,25,28)(H,27,29)/t22-/m0/s1.